The number of likely N-dealkylation sites (tertiary alicyclic amines) is 1. The Bertz CT molecular complexity index is 740. The Morgan fingerprint density at radius 3 is 2.56 bits per heavy atom. The maximum absolute atomic E-state index is 12.7. The summed E-state index contributed by atoms with van der Waals surface area (Å²) in [5.41, 5.74) is 0. The summed E-state index contributed by atoms with van der Waals surface area (Å²) >= 11 is 0. The summed E-state index contributed by atoms with van der Waals surface area (Å²) < 4.78 is 28.6. The third-order valence-corrected chi connectivity index (χ3v) is 7.61. The molecule has 0 aliphatic carbocycles. The molecule has 1 amide bonds. The van der Waals surface area contributed by atoms with E-state index in [1.54, 1.807) is 10.8 Å². The van der Waals surface area contributed by atoms with Crippen molar-refractivity contribution < 1.29 is 13.2 Å². The molecule has 1 atom stereocenters. The first-order chi connectivity index (χ1) is 13.0. The first kappa shape index (κ1) is 20.3. The molecule has 0 radical (unpaired) electrons. The second-order valence-corrected chi connectivity index (χ2v) is 9.28. The van der Waals surface area contributed by atoms with Gasteiger partial charge in [-0.1, -0.05) is 6.92 Å². The fourth-order valence-electron chi connectivity index (χ4n) is 4.04. The van der Waals surface area contributed by atoms with Crippen LogP contribution < -0.4 is 5.32 Å². The lowest BCUT2D eigenvalue weighted by Crippen LogP contribution is -2.46. The third kappa shape index (κ3) is 4.52. The third-order valence-electron chi connectivity index (χ3n) is 5.82. The maximum Gasteiger partial charge on any atom is 0.262 e. The zero-order valence-corrected chi connectivity index (χ0v) is 17.1. The number of imidazole rings is 1. The Morgan fingerprint density at radius 2 is 1.93 bits per heavy atom. The summed E-state index contributed by atoms with van der Waals surface area (Å²) in [6.07, 6.45) is 6.54. The highest BCUT2D eigenvalue weighted by Gasteiger charge is 2.33. The molecule has 3 heterocycles. The minimum atomic E-state index is -3.57. The minimum absolute atomic E-state index is 0.0604. The highest BCUT2D eigenvalue weighted by molar-refractivity contribution is 7.89. The van der Waals surface area contributed by atoms with Gasteiger partial charge in [0, 0.05) is 44.3 Å². The van der Waals surface area contributed by atoms with Gasteiger partial charge in [-0.05, 0) is 45.7 Å². The largest absolute Gasteiger partial charge is 0.354 e. The Hall–Kier alpha value is -1.45. The molecule has 152 valence electrons. The summed E-state index contributed by atoms with van der Waals surface area (Å²) in [6, 6.07) is 0.438. The molecular formula is C18H31N5O3S. The molecule has 0 saturated carbocycles. The van der Waals surface area contributed by atoms with Crippen molar-refractivity contribution in [3.63, 3.8) is 0 Å². The lowest BCUT2D eigenvalue weighted by molar-refractivity contribution is -0.126. The molecular weight excluding hydrogens is 366 g/mol. The van der Waals surface area contributed by atoms with Gasteiger partial charge in [-0.15, -0.1) is 0 Å². The van der Waals surface area contributed by atoms with E-state index >= 15 is 0 Å². The van der Waals surface area contributed by atoms with Gasteiger partial charge in [0.05, 0.1) is 6.33 Å². The van der Waals surface area contributed by atoms with Gasteiger partial charge in [0.25, 0.3) is 10.0 Å². The van der Waals surface area contributed by atoms with Gasteiger partial charge >= 0.3 is 0 Å². The van der Waals surface area contributed by atoms with E-state index in [4.69, 9.17) is 0 Å². The average molecular weight is 398 g/mol. The lowest BCUT2D eigenvalue weighted by Gasteiger charge is -2.30. The summed E-state index contributed by atoms with van der Waals surface area (Å²) in [5.74, 6) is -0.0496. The number of hydrogen-bond donors (Lipinski definition) is 1. The van der Waals surface area contributed by atoms with Crippen LogP contribution in [0.25, 0.3) is 0 Å². The van der Waals surface area contributed by atoms with Crippen LogP contribution in [0.5, 0.6) is 0 Å². The molecule has 0 spiro atoms. The minimum Gasteiger partial charge on any atom is -0.354 e. The molecule has 2 fully saturated rings. The van der Waals surface area contributed by atoms with Gasteiger partial charge in [-0.3, -0.25) is 9.69 Å². The molecule has 2 aliphatic heterocycles. The molecule has 1 aromatic heterocycles. The molecule has 3 rings (SSSR count). The van der Waals surface area contributed by atoms with Gasteiger partial charge in [-0.2, -0.15) is 4.31 Å². The molecule has 0 bridgehead atoms. The van der Waals surface area contributed by atoms with Crippen molar-refractivity contribution in [2.75, 3.05) is 32.7 Å². The predicted octanol–water partition coefficient (Wildman–Crippen LogP) is 0.904. The van der Waals surface area contributed by atoms with Crippen LogP contribution in [0.15, 0.2) is 17.6 Å². The topological polar surface area (TPSA) is 87.5 Å². The number of carbonyl (C=O) groups is 1. The van der Waals surface area contributed by atoms with Crippen LogP contribution in [0, 0.1) is 5.92 Å². The number of amides is 1. The van der Waals surface area contributed by atoms with Crippen LogP contribution in [-0.4, -0.2) is 71.8 Å². The van der Waals surface area contributed by atoms with E-state index < -0.39 is 10.0 Å². The second kappa shape index (κ2) is 8.70. The maximum atomic E-state index is 12.7. The van der Waals surface area contributed by atoms with Gasteiger partial charge < -0.3 is 9.88 Å². The van der Waals surface area contributed by atoms with Crippen molar-refractivity contribution in [1.82, 2.24) is 24.1 Å². The first-order valence-electron chi connectivity index (χ1n) is 9.99. The predicted molar refractivity (Wildman–Crippen MR) is 103 cm³/mol. The second-order valence-electron chi connectivity index (χ2n) is 7.39. The molecule has 1 unspecified atom stereocenters. The highest BCUT2D eigenvalue weighted by atomic mass is 32.2. The number of nitrogens with zero attached hydrogens (tertiary/aromatic N) is 4. The Morgan fingerprint density at radius 1 is 1.19 bits per heavy atom. The van der Waals surface area contributed by atoms with Crippen molar-refractivity contribution >= 4 is 15.9 Å². The van der Waals surface area contributed by atoms with E-state index in [-0.39, 0.29) is 16.9 Å². The standard InChI is InChI=1S/C18H31N5O3S/c1-3-21-13-17(20-14-21)27(25,26)23-10-7-15(8-11-23)18(24)19-12-16-6-5-9-22(16)4-2/h13-16H,3-12H2,1-2H3,(H,19,24). The number of piperidine rings is 1. The van der Waals surface area contributed by atoms with Crippen molar-refractivity contribution in [3.8, 4) is 0 Å². The van der Waals surface area contributed by atoms with Crippen LogP contribution >= 0.6 is 0 Å². The van der Waals surface area contributed by atoms with Crippen LogP contribution in [0.2, 0.25) is 0 Å². The SMILES string of the molecule is CCN1CCCC1CNC(=O)C1CCN(S(=O)(=O)c2cn(CC)cn2)CC1. The Labute approximate surface area is 162 Å². The lowest BCUT2D eigenvalue weighted by atomic mass is 9.97. The van der Waals surface area contributed by atoms with Crippen LogP contribution in [0.3, 0.4) is 0 Å². The van der Waals surface area contributed by atoms with Gasteiger partial charge in [0.1, 0.15) is 0 Å². The molecule has 0 aromatic carbocycles. The number of hydrogen-bond acceptors (Lipinski definition) is 5. The summed E-state index contributed by atoms with van der Waals surface area (Å²) in [4.78, 5) is 18.9. The zero-order valence-electron chi connectivity index (χ0n) is 16.3. The number of rotatable bonds is 7. The summed E-state index contributed by atoms with van der Waals surface area (Å²) in [7, 11) is -3.57. The fraction of sp³-hybridized carbons (Fsp3) is 0.778. The quantitative estimate of drug-likeness (QED) is 0.739. The van der Waals surface area contributed by atoms with Crippen molar-refractivity contribution in [2.24, 2.45) is 5.92 Å². The van der Waals surface area contributed by atoms with Gasteiger partial charge in [0.15, 0.2) is 5.03 Å². The van der Waals surface area contributed by atoms with E-state index in [9.17, 15) is 13.2 Å². The van der Waals surface area contributed by atoms with Gasteiger partial charge in [0.2, 0.25) is 5.91 Å². The van der Waals surface area contributed by atoms with Crippen LogP contribution in [0.4, 0.5) is 0 Å². The van der Waals surface area contributed by atoms with E-state index in [0.717, 1.165) is 19.5 Å². The van der Waals surface area contributed by atoms with Crippen molar-refractivity contribution in [2.45, 2.75) is 57.1 Å². The molecule has 9 heteroatoms. The van der Waals surface area contributed by atoms with E-state index in [2.05, 4.69) is 22.1 Å². The molecule has 8 nitrogen and oxygen atoms in total. The monoisotopic (exact) mass is 397 g/mol. The molecule has 2 aliphatic rings. The zero-order chi connectivity index (χ0) is 19.4. The van der Waals surface area contributed by atoms with E-state index in [1.807, 2.05) is 6.92 Å². The average Bonchev–Trinajstić information content (AvgIpc) is 3.35. The first-order valence-corrected chi connectivity index (χ1v) is 11.4. The van der Waals surface area contributed by atoms with Crippen LogP contribution in [0.1, 0.15) is 39.5 Å². The number of sulfonamides is 1. The number of likely N-dealkylation sites (N-methyl/N-ethyl adjacent to an activating group) is 1. The Kier molecular flexibility index (Phi) is 6.54. The molecule has 1 N–H and O–H groups in total. The number of carbonyl (C=O) groups excluding carboxylic acids is 1. The highest BCUT2D eigenvalue weighted by Crippen LogP contribution is 2.23. The van der Waals surface area contributed by atoms with Gasteiger partial charge in [-0.25, -0.2) is 13.4 Å². The smallest absolute Gasteiger partial charge is 0.262 e. The normalized spacial score (nSPS) is 23.0. The van der Waals surface area contributed by atoms with Crippen molar-refractivity contribution in [3.05, 3.63) is 12.5 Å². The summed E-state index contributed by atoms with van der Waals surface area (Å²) in [6.45, 7) is 8.33. The van der Waals surface area contributed by atoms with Crippen molar-refractivity contribution in [1.29, 1.82) is 0 Å². The number of aryl methyl sites for hydroxylation is 1. The Balaban J connectivity index is 1.50. The fourth-order valence-corrected chi connectivity index (χ4v) is 5.45. The van der Waals surface area contributed by atoms with E-state index in [1.165, 1.54) is 17.1 Å². The molecule has 1 aromatic rings. The molecule has 27 heavy (non-hydrogen) atoms. The summed E-state index contributed by atoms with van der Waals surface area (Å²) in [5, 5.41) is 3.18. The number of aromatic nitrogens is 2. The van der Waals surface area contributed by atoms with E-state index in [0.29, 0.717) is 45.1 Å². The number of nitrogens with one attached hydrogen (secondary N) is 1. The van der Waals surface area contributed by atoms with Crippen LogP contribution in [-0.2, 0) is 21.4 Å². The molecule has 2 saturated heterocycles.